The molecular formula is C10H15N3O3. The summed E-state index contributed by atoms with van der Waals surface area (Å²) >= 11 is 0. The molecule has 0 radical (unpaired) electrons. The first-order valence-electron chi connectivity index (χ1n) is 5.15. The Hall–Kier alpha value is -1.85. The van der Waals surface area contributed by atoms with Gasteiger partial charge in [-0.3, -0.25) is 9.36 Å². The first kappa shape index (κ1) is 12.2. The fourth-order valence-corrected chi connectivity index (χ4v) is 1.13. The van der Waals surface area contributed by atoms with Crippen LogP contribution >= 0.6 is 0 Å². The summed E-state index contributed by atoms with van der Waals surface area (Å²) in [7, 11) is 0. The Balaban J connectivity index is 2.12. The lowest BCUT2D eigenvalue weighted by atomic mass is 10.3. The van der Waals surface area contributed by atoms with E-state index in [1.165, 1.54) is 17.1 Å². The van der Waals surface area contributed by atoms with Crippen LogP contribution in [0.5, 0.6) is 0 Å². The van der Waals surface area contributed by atoms with Gasteiger partial charge in [0, 0.05) is 25.4 Å². The summed E-state index contributed by atoms with van der Waals surface area (Å²) in [5, 5.41) is 2.66. The maximum Gasteiger partial charge on any atom is 0.326 e. The first-order valence-corrected chi connectivity index (χ1v) is 5.15. The molecule has 0 aromatic carbocycles. The Morgan fingerprint density at radius 2 is 2.31 bits per heavy atom. The molecule has 1 amide bonds. The number of imidazole rings is 1. The lowest BCUT2D eigenvalue weighted by molar-refractivity contribution is -0.143. The van der Waals surface area contributed by atoms with Crippen molar-refractivity contribution in [1.82, 2.24) is 14.9 Å². The summed E-state index contributed by atoms with van der Waals surface area (Å²) in [6.07, 6.45) is 5.39. The predicted octanol–water partition coefficient (Wildman–Crippen LogP) is 0.784. The van der Waals surface area contributed by atoms with Crippen LogP contribution in [0.1, 0.15) is 19.8 Å². The number of nitrogens with one attached hydrogen (secondary N) is 1. The van der Waals surface area contributed by atoms with E-state index in [0.29, 0.717) is 26.0 Å². The van der Waals surface area contributed by atoms with Crippen molar-refractivity contribution in [2.45, 2.75) is 19.8 Å². The molecule has 0 atom stereocenters. The van der Waals surface area contributed by atoms with Gasteiger partial charge in [-0.1, -0.05) is 0 Å². The van der Waals surface area contributed by atoms with E-state index in [2.05, 4.69) is 10.3 Å². The summed E-state index contributed by atoms with van der Waals surface area (Å²) in [5.41, 5.74) is 0. The summed E-state index contributed by atoms with van der Waals surface area (Å²) in [6.45, 7) is 2.59. The average molecular weight is 225 g/mol. The molecule has 0 saturated heterocycles. The highest BCUT2D eigenvalue weighted by Crippen LogP contribution is 1.92. The molecule has 1 heterocycles. The zero-order valence-corrected chi connectivity index (χ0v) is 9.18. The van der Waals surface area contributed by atoms with E-state index in [-0.39, 0.29) is 12.0 Å². The van der Waals surface area contributed by atoms with Gasteiger partial charge in [0.05, 0.1) is 6.61 Å². The topological polar surface area (TPSA) is 73.2 Å². The Kier molecular flexibility index (Phi) is 5.04. The molecule has 1 rings (SSSR count). The number of hydrogen-bond donors (Lipinski definition) is 1. The molecule has 16 heavy (non-hydrogen) atoms. The smallest absolute Gasteiger partial charge is 0.326 e. The fourth-order valence-electron chi connectivity index (χ4n) is 1.13. The minimum absolute atomic E-state index is 0.237. The van der Waals surface area contributed by atoms with Crippen LogP contribution in [-0.2, 0) is 9.53 Å². The van der Waals surface area contributed by atoms with E-state index in [1.54, 1.807) is 13.1 Å². The maximum absolute atomic E-state index is 11.4. The first-order chi connectivity index (χ1) is 7.74. The van der Waals surface area contributed by atoms with Crippen molar-refractivity contribution in [3.05, 3.63) is 18.7 Å². The molecule has 0 aliphatic carbocycles. The van der Waals surface area contributed by atoms with Gasteiger partial charge in [0.2, 0.25) is 0 Å². The number of carbonyl (C=O) groups excluding carboxylic acids is 2. The molecule has 0 saturated carbocycles. The largest absolute Gasteiger partial charge is 0.466 e. The summed E-state index contributed by atoms with van der Waals surface area (Å²) in [6, 6.07) is -0.249. The second kappa shape index (κ2) is 6.60. The van der Waals surface area contributed by atoms with E-state index in [4.69, 9.17) is 4.74 Å². The van der Waals surface area contributed by atoms with E-state index in [1.807, 2.05) is 0 Å². The van der Waals surface area contributed by atoms with Crippen LogP contribution in [0.25, 0.3) is 0 Å². The molecule has 0 fully saturated rings. The molecule has 6 nitrogen and oxygen atoms in total. The van der Waals surface area contributed by atoms with Gasteiger partial charge in [-0.15, -0.1) is 0 Å². The Morgan fingerprint density at radius 1 is 1.50 bits per heavy atom. The molecule has 0 spiro atoms. The molecule has 0 aliphatic rings. The van der Waals surface area contributed by atoms with Crippen LogP contribution < -0.4 is 5.32 Å². The molecule has 6 heteroatoms. The second-order valence-electron chi connectivity index (χ2n) is 3.11. The van der Waals surface area contributed by atoms with Crippen LogP contribution in [0, 0.1) is 0 Å². The SMILES string of the molecule is CCOC(=O)CCCNC(=O)n1ccnc1. The van der Waals surface area contributed by atoms with Gasteiger partial charge in [0.25, 0.3) is 0 Å². The van der Waals surface area contributed by atoms with Crippen molar-refractivity contribution in [2.75, 3.05) is 13.2 Å². The Labute approximate surface area is 93.6 Å². The van der Waals surface area contributed by atoms with Gasteiger partial charge in [-0.25, -0.2) is 9.78 Å². The molecule has 1 N–H and O–H groups in total. The minimum atomic E-state index is -0.249. The van der Waals surface area contributed by atoms with Crippen molar-refractivity contribution >= 4 is 12.0 Å². The number of aromatic nitrogens is 2. The molecule has 0 unspecified atom stereocenters. The number of nitrogens with zero attached hydrogens (tertiary/aromatic N) is 2. The molecule has 0 bridgehead atoms. The molecule has 0 aliphatic heterocycles. The quantitative estimate of drug-likeness (QED) is 0.593. The molecule has 88 valence electrons. The monoisotopic (exact) mass is 225 g/mol. The highest BCUT2D eigenvalue weighted by molar-refractivity contribution is 5.76. The van der Waals surface area contributed by atoms with E-state index < -0.39 is 0 Å². The van der Waals surface area contributed by atoms with Gasteiger partial charge in [-0.05, 0) is 13.3 Å². The number of rotatable bonds is 5. The molecule has 1 aromatic heterocycles. The van der Waals surface area contributed by atoms with Crippen LogP contribution in [0.3, 0.4) is 0 Å². The summed E-state index contributed by atoms with van der Waals surface area (Å²) in [4.78, 5) is 26.1. The second-order valence-corrected chi connectivity index (χ2v) is 3.11. The number of amides is 1. The third kappa shape index (κ3) is 4.12. The maximum atomic E-state index is 11.4. The van der Waals surface area contributed by atoms with Crippen molar-refractivity contribution in [3.63, 3.8) is 0 Å². The van der Waals surface area contributed by atoms with Crippen molar-refractivity contribution in [1.29, 1.82) is 0 Å². The van der Waals surface area contributed by atoms with Gasteiger partial charge >= 0.3 is 12.0 Å². The number of carbonyl (C=O) groups is 2. The van der Waals surface area contributed by atoms with Crippen molar-refractivity contribution in [2.24, 2.45) is 0 Å². The van der Waals surface area contributed by atoms with Crippen molar-refractivity contribution < 1.29 is 14.3 Å². The molecule has 1 aromatic rings. The third-order valence-corrected chi connectivity index (χ3v) is 1.88. The van der Waals surface area contributed by atoms with E-state index >= 15 is 0 Å². The van der Waals surface area contributed by atoms with Gasteiger partial charge in [0.1, 0.15) is 6.33 Å². The molecular weight excluding hydrogens is 210 g/mol. The summed E-state index contributed by atoms with van der Waals surface area (Å²) in [5.74, 6) is -0.237. The number of hydrogen-bond acceptors (Lipinski definition) is 4. The van der Waals surface area contributed by atoms with E-state index in [9.17, 15) is 9.59 Å². The number of esters is 1. The lowest BCUT2D eigenvalue weighted by Gasteiger charge is -2.04. The normalized spacial score (nSPS) is 9.81. The van der Waals surface area contributed by atoms with Crippen LogP contribution in [0.15, 0.2) is 18.7 Å². The van der Waals surface area contributed by atoms with Crippen LogP contribution in [-0.4, -0.2) is 34.7 Å². The standard InChI is InChI=1S/C10H15N3O3/c1-2-16-9(14)4-3-5-12-10(15)13-7-6-11-8-13/h6-8H,2-5H2,1H3,(H,12,15). The van der Waals surface area contributed by atoms with Gasteiger partial charge < -0.3 is 10.1 Å². The Bertz CT molecular complexity index is 335. The van der Waals surface area contributed by atoms with Gasteiger partial charge in [-0.2, -0.15) is 0 Å². The summed E-state index contributed by atoms with van der Waals surface area (Å²) < 4.78 is 6.09. The Morgan fingerprint density at radius 3 is 2.94 bits per heavy atom. The number of ether oxygens (including phenoxy) is 1. The lowest BCUT2D eigenvalue weighted by Crippen LogP contribution is -2.28. The highest BCUT2D eigenvalue weighted by Gasteiger charge is 2.04. The minimum Gasteiger partial charge on any atom is -0.466 e. The fraction of sp³-hybridized carbons (Fsp3) is 0.500. The highest BCUT2D eigenvalue weighted by atomic mass is 16.5. The van der Waals surface area contributed by atoms with Crippen LogP contribution in [0.4, 0.5) is 4.79 Å². The average Bonchev–Trinajstić information content (AvgIpc) is 2.78. The van der Waals surface area contributed by atoms with Crippen LogP contribution in [0.2, 0.25) is 0 Å². The van der Waals surface area contributed by atoms with Gasteiger partial charge in [0.15, 0.2) is 0 Å². The predicted molar refractivity (Wildman–Crippen MR) is 56.9 cm³/mol. The van der Waals surface area contributed by atoms with E-state index in [0.717, 1.165) is 0 Å². The zero-order valence-electron chi connectivity index (χ0n) is 9.18. The zero-order chi connectivity index (χ0) is 11.8. The third-order valence-electron chi connectivity index (χ3n) is 1.88. The van der Waals surface area contributed by atoms with Crippen molar-refractivity contribution in [3.8, 4) is 0 Å².